The molecule has 2 rings (SSSR count). The van der Waals surface area contributed by atoms with Gasteiger partial charge in [0, 0.05) is 13.0 Å². The summed E-state index contributed by atoms with van der Waals surface area (Å²) >= 11 is 0. The van der Waals surface area contributed by atoms with E-state index in [9.17, 15) is 13.6 Å². The summed E-state index contributed by atoms with van der Waals surface area (Å²) < 4.78 is 32.1. The predicted molar refractivity (Wildman–Crippen MR) is 72.2 cm³/mol. The molecule has 4 nitrogen and oxygen atoms in total. The Kier molecular flexibility index (Phi) is 4.89. The van der Waals surface area contributed by atoms with Crippen molar-refractivity contribution in [1.82, 2.24) is 0 Å². The van der Waals surface area contributed by atoms with Gasteiger partial charge in [0.25, 0.3) is 0 Å². The van der Waals surface area contributed by atoms with Crippen molar-refractivity contribution in [3.8, 4) is 0 Å². The van der Waals surface area contributed by atoms with Gasteiger partial charge in [0.05, 0.1) is 11.8 Å². The van der Waals surface area contributed by atoms with Crippen molar-refractivity contribution in [2.24, 2.45) is 0 Å². The molecular weight excluding hydrogens is 266 g/mol. The molecule has 20 heavy (non-hydrogen) atoms. The van der Waals surface area contributed by atoms with Crippen LogP contribution in [0.15, 0.2) is 12.1 Å². The number of anilines is 2. The van der Waals surface area contributed by atoms with Crippen LogP contribution in [0.3, 0.4) is 0 Å². The summed E-state index contributed by atoms with van der Waals surface area (Å²) in [5, 5.41) is 2.32. The van der Waals surface area contributed by atoms with Gasteiger partial charge in [0.15, 0.2) is 11.6 Å². The van der Waals surface area contributed by atoms with E-state index in [2.05, 4.69) is 5.32 Å². The van der Waals surface area contributed by atoms with E-state index in [0.29, 0.717) is 6.42 Å². The Hall–Kier alpha value is -1.69. The molecule has 1 saturated heterocycles. The molecule has 0 radical (unpaired) electrons. The number of hydrogen-bond acceptors (Lipinski definition) is 3. The highest BCUT2D eigenvalue weighted by Gasteiger charge is 2.18. The molecule has 1 aliphatic heterocycles. The summed E-state index contributed by atoms with van der Waals surface area (Å²) in [7, 11) is 0. The van der Waals surface area contributed by atoms with Gasteiger partial charge < -0.3 is 15.8 Å². The Bertz CT molecular complexity index is 488. The monoisotopic (exact) mass is 284 g/mol. The number of ether oxygens (including phenoxy) is 1. The van der Waals surface area contributed by atoms with Gasteiger partial charge in [-0.1, -0.05) is 0 Å². The predicted octanol–water partition coefficient (Wildman–Crippen LogP) is 2.83. The van der Waals surface area contributed by atoms with Gasteiger partial charge in [-0.3, -0.25) is 4.79 Å². The van der Waals surface area contributed by atoms with Crippen LogP contribution >= 0.6 is 0 Å². The number of carbonyl (C=O) groups excluding carboxylic acids is 1. The van der Waals surface area contributed by atoms with Crippen LogP contribution in [-0.4, -0.2) is 18.6 Å². The van der Waals surface area contributed by atoms with Crippen molar-refractivity contribution in [2.45, 2.75) is 38.2 Å². The molecule has 0 spiro atoms. The summed E-state index contributed by atoms with van der Waals surface area (Å²) in [5.41, 5.74) is 5.25. The molecule has 0 aliphatic carbocycles. The van der Waals surface area contributed by atoms with Crippen molar-refractivity contribution in [1.29, 1.82) is 0 Å². The van der Waals surface area contributed by atoms with Crippen LogP contribution in [0.25, 0.3) is 0 Å². The molecule has 0 bridgehead atoms. The molecule has 1 fully saturated rings. The minimum absolute atomic E-state index is 0.00571. The first-order chi connectivity index (χ1) is 9.58. The Morgan fingerprint density at radius 1 is 1.40 bits per heavy atom. The highest BCUT2D eigenvalue weighted by atomic mass is 19.2. The van der Waals surface area contributed by atoms with Gasteiger partial charge in [-0.05, 0) is 37.8 Å². The normalized spacial score (nSPS) is 18.8. The molecule has 1 aromatic rings. The first kappa shape index (κ1) is 14.7. The van der Waals surface area contributed by atoms with Crippen LogP contribution in [0, 0.1) is 11.6 Å². The molecule has 1 aliphatic rings. The lowest BCUT2D eigenvalue weighted by Gasteiger charge is -2.22. The van der Waals surface area contributed by atoms with Gasteiger partial charge in [-0.2, -0.15) is 0 Å². The zero-order valence-corrected chi connectivity index (χ0v) is 11.1. The van der Waals surface area contributed by atoms with Crippen LogP contribution in [0.2, 0.25) is 0 Å². The Labute approximate surface area is 116 Å². The third kappa shape index (κ3) is 3.66. The van der Waals surface area contributed by atoms with Crippen molar-refractivity contribution in [3.05, 3.63) is 23.8 Å². The maximum Gasteiger partial charge on any atom is 0.224 e. The van der Waals surface area contributed by atoms with Crippen LogP contribution in [0.5, 0.6) is 0 Å². The molecule has 1 amide bonds. The average Bonchev–Trinajstić information content (AvgIpc) is 2.46. The minimum Gasteiger partial charge on any atom is -0.397 e. The summed E-state index contributed by atoms with van der Waals surface area (Å²) in [6.45, 7) is 0.720. The quantitative estimate of drug-likeness (QED) is 0.836. The topological polar surface area (TPSA) is 64.3 Å². The molecular formula is C14H18F2N2O2. The SMILES string of the molecule is Nc1ccc(F)c(F)c1NC(=O)CCC1CCCCO1. The second-order valence-corrected chi connectivity index (χ2v) is 4.90. The van der Waals surface area contributed by atoms with Gasteiger partial charge >= 0.3 is 0 Å². The second kappa shape index (κ2) is 6.65. The van der Waals surface area contributed by atoms with Crippen LogP contribution in [0.1, 0.15) is 32.1 Å². The number of amides is 1. The number of nitrogens with one attached hydrogen (secondary N) is 1. The van der Waals surface area contributed by atoms with Gasteiger partial charge in [0.2, 0.25) is 5.91 Å². The fourth-order valence-electron chi connectivity index (χ4n) is 2.22. The molecule has 1 atom stereocenters. The van der Waals surface area contributed by atoms with Crippen molar-refractivity contribution < 1.29 is 18.3 Å². The lowest BCUT2D eigenvalue weighted by atomic mass is 10.0. The Morgan fingerprint density at radius 3 is 2.90 bits per heavy atom. The molecule has 1 heterocycles. The lowest BCUT2D eigenvalue weighted by molar-refractivity contribution is -0.117. The molecule has 0 saturated carbocycles. The summed E-state index contributed by atoms with van der Waals surface area (Å²) in [6.07, 6.45) is 3.92. The summed E-state index contributed by atoms with van der Waals surface area (Å²) in [6, 6.07) is 2.15. The average molecular weight is 284 g/mol. The van der Waals surface area contributed by atoms with E-state index in [1.165, 1.54) is 6.07 Å². The lowest BCUT2D eigenvalue weighted by Crippen LogP contribution is -2.22. The highest BCUT2D eigenvalue weighted by Crippen LogP contribution is 2.25. The molecule has 3 N–H and O–H groups in total. The van der Waals surface area contributed by atoms with Crippen molar-refractivity contribution in [3.63, 3.8) is 0 Å². The minimum atomic E-state index is -1.13. The zero-order chi connectivity index (χ0) is 14.5. The first-order valence-electron chi connectivity index (χ1n) is 6.73. The van der Waals surface area contributed by atoms with Crippen molar-refractivity contribution >= 4 is 17.3 Å². The van der Waals surface area contributed by atoms with Crippen LogP contribution in [0.4, 0.5) is 20.2 Å². The van der Waals surface area contributed by atoms with E-state index >= 15 is 0 Å². The number of nitrogens with two attached hydrogens (primary N) is 1. The fourth-order valence-corrected chi connectivity index (χ4v) is 2.22. The smallest absolute Gasteiger partial charge is 0.224 e. The van der Waals surface area contributed by atoms with Gasteiger partial charge in [0.1, 0.15) is 5.69 Å². The summed E-state index contributed by atoms with van der Waals surface area (Å²) in [4.78, 5) is 11.8. The maximum atomic E-state index is 13.5. The van der Waals surface area contributed by atoms with E-state index in [4.69, 9.17) is 10.5 Å². The summed E-state index contributed by atoms with van der Waals surface area (Å²) in [5.74, 6) is -2.56. The number of rotatable bonds is 4. The Morgan fingerprint density at radius 2 is 2.20 bits per heavy atom. The number of hydrogen-bond donors (Lipinski definition) is 2. The molecule has 1 unspecified atom stereocenters. The van der Waals surface area contributed by atoms with Gasteiger partial charge in [-0.15, -0.1) is 0 Å². The fraction of sp³-hybridized carbons (Fsp3) is 0.500. The number of carbonyl (C=O) groups is 1. The maximum absolute atomic E-state index is 13.5. The number of nitrogen functional groups attached to an aromatic ring is 1. The highest BCUT2D eigenvalue weighted by molar-refractivity contribution is 5.94. The van der Waals surface area contributed by atoms with Crippen molar-refractivity contribution in [2.75, 3.05) is 17.7 Å². The third-order valence-electron chi connectivity index (χ3n) is 3.36. The number of halogens is 2. The largest absolute Gasteiger partial charge is 0.397 e. The van der Waals surface area contributed by atoms with Crippen LogP contribution < -0.4 is 11.1 Å². The molecule has 6 heteroatoms. The van der Waals surface area contributed by atoms with Crippen LogP contribution in [-0.2, 0) is 9.53 Å². The van der Waals surface area contributed by atoms with E-state index in [0.717, 1.165) is 31.9 Å². The first-order valence-corrected chi connectivity index (χ1v) is 6.73. The molecule has 0 aromatic heterocycles. The van der Waals surface area contributed by atoms with E-state index in [1.54, 1.807) is 0 Å². The standard InChI is InChI=1S/C14H18F2N2O2/c15-10-5-6-11(17)14(13(10)16)18-12(19)7-4-9-3-1-2-8-20-9/h5-6,9H,1-4,7-8,17H2,(H,18,19). The molecule has 1 aromatic carbocycles. The number of benzene rings is 1. The third-order valence-corrected chi connectivity index (χ3v) is 3.36. The van der Waals surface area contributed by atoms with E-state index in [-0.39, 0.29) is 23.9 Å². The zero-order valence-electron chi connectivity index (χ0n) is 11.1. The van der Waals surface area contributed by atoms with E-state index in [1.807, 2.05) is 0 Å². The Balaban J connectivity index is 1.89. The molecule has 110 valence electrons. The van der Waals surface area contributed by atoms with Gasteiger partial charge in [-0.25, -0.2) is 8.78 Å². The second-order valence-electron chi connectivity index (χ2n) is 4.90. The van der Waals surface area contributed by atoms with E-state index < -0.39 is 17.5 Å².